The summed E-state index contributed by atoms with van der Waals surface area (Å²) in [7, 11) is 0. The van der Waals surface area contributed by atoms with Gasteiger partial charge in [0.2, 0.25) is 5.95 Å². The van der Waals surface area contributed by atoms with Crippen LogP contribution in [0.15, 0.2) is 158 Å². The first kappa shape index (κ1) is 29.1. The summed E-state index contributed by atoms with van der Waals surface area (Å²) in [5.74, 6) is 1.90. The average molecular weight is 711 g/mol. The van der Waals surface area contributed by atoms with E-state index in [-0.39, 0.29) is 0 Å². The molecular formula is C47H26N4S2. The molecule has 0 saturated heterocycles. The van der Waals surface area contributed by atoms with Crippen LogP contribution in [0.3, 0.4) is 0 Å². The summed E-state index contributed by atoms with van der Waals surface area (Å²) in [5, 5.41) is 9.67. The van der Waals surface area contributed by atoms with Crippen LogP contribution in [0.4, 0.5) is 17.3 Å². The van der Waals surface area contributed by atoms with Gasteiger partial charge >= 0.3 is 0 Å². The van der Waals surface area contributed by atoms with Crippen LogP contribution in [-0.2, 0) is 0 Å². The Morgan fingerprint density at radius 2 is 1.04 bits per heavy atom. The lowest BCUT2D eigenvalue weighted by molar-refractivity contribution is 1.03. The van der Waals surface area contributed by atoms with E-state index in [1.54, 1.807) is 11.3 Å². The second kappa shape index (κ2) is 11.0. The van der Waals surface area contributed by atoms with Gasteiger partial charge in [-0.05, 0) is 76.3 Å². The van der Waals surface area contributed by atoms with E-state index < -0.39 is 0 Å². The van der Waals surface area contributed by atoms with Crippen molar-refractivity contribution in [2.45, 2.75) is 0 Å². The molecule has 12 rings (SSSR count). The van der Waals surface area contributed by atoms with Crippen LogP contribution in [0.2, 0.25) is 0 Å². The van der Waals surface area contributed by atoms with Gasteiger partial charge in [-0.3, -0.25) is 4.90 Å². The quantitative estimate of drug-likeness (QED) is 0.183. The van der Waals surface area contributed by atoms with E-state index in [2.05, 4.69) is 163 Å². The zero-order valence-electron chi connectivity index (χ0n) is 28.1. The Kier molecular flexibility index (Phi) is 6.06. The smallest absolute Gasteiger partial charge is 0.238 e. The maximum Gasteiger partial charge on any atom is 0.238 e. The SMILES string of the molecule is c1ccc2cc3c(cc2c1)-c1cccc2cccc(c12)N3c1nc(-c2ccc3sc4ccccc4c3c2)nc(-c2cccc3c2sc2ccccc23)n1. The van der Waals surface area contributed by atoms with E-state index in [9.17, 15) is 0 Å². The van der Waals surface area contributed by atoms with Crippen LogP contribution in [-0.4, -0.2) is 15.0 Å². The molecule has 4 nitrogen and oxygen atoms in total. The van der Waals surface area contributed by atoms with Gasteiger partial charge in [0.1, 0.15) is 0 Å². The van der Waals surface area contributed by atoms with Crippen molar-refractivity contribution in [3.63, 3.8) is 0 Å². The van der Waals surface area contributed by atoms with Gasteiger partial charge < -0.3 is 0 Å². The number of hydrogen-bond donors (Lipinski definition) is 0. The van der Waals surface area contributed by atoms with Gasteiger partial charge in [0.15, 0.2) is 11.6 Å². The normalized spacial score (nSPS) is 12.5. The standard InChI is InChI=1S/C47H26N4S2/c1-2-11-29-26-39-36(24-28(29)10-1)33-16-7-12-27-13-8-19-38(43(27)33)51(39)47-49-45(30-22-23-42-37(25-30)32-15-4-5-20-40(32)52-42)48-46(50-47)35-18-9-17-34-31-14-3-6-21-41(31)53-44(34)35/h1-26H. The molecule has 0 amide bonds. The number of hydrogen-bond acceptors (Lipinski definition) is 6. The summed E-state index contributed by atoms with van der Waals surface area (Å²) in [4.78, 5) is 18.4. The number of anilines is 3. The third-order valence-electron chi connectivity index (χ3n) is 10.6. The van der Waals surface area contributed by atoms with Crippen molar-refractivity contribution in [1.29, 1.82) is 0 Å². The van der Waals surface area contributed by atoms with Gasteiger partial charge in [-0.25, -0.2) is 4.98 Å². The van der Waals surface area contributed by atoms with E-state index in [0.717, 1.165) is 28.1 Å². The van der Waals surface area contributed by atoms with E-state index >= 15 is 0 Å². The summed E-state index contributed by atoms with van der Waals surface area (Å²) in [6.07, 6.45) is 0. The molecule has 4 heterocycles. The molecule has 1 aliphatic heterocycles. The van der Waals surface area contributed by atoms with E-state index in [1.165, 1.54) is 67.5 Å². The zero-order chi connectivity index (χ0) is 34.6. The second-order valence-electron chi connectivity index (χ2n) is 13.6. The Hall–Kier alpha value is -6.47. The lowest BCUT2D eigenvalue weighted by Crippen LogP contribution is -2.19. The molecule has 0 N–H and O–H groups in total. The second-order valence-corrected chi connectivity index (χ2v) is 15.7. The monoisotopic (exact) mass is 710 g/mol. The van der Waals surface area contributed by atoms with Gasteiger partial charge in [-0.15, -0.1) is 22.7 Å². The molecular weight excluding hydrogens is 685 g/mol. The first-order valence-electron chi connectivity index (χ1n) is 17.7. The maximum atomic E-state index is 5.43. The molecule has 8 aromatic carbocycles. The number of nitrogens with zero attached hydrogens (tertiary/aromatic N) is 4. The molecule has 53 heavy (non-hydrogen) atoms. The summed E-state index contributed by atoms with van der Waals surface area (Å²) in [5.41, 5.74) is 6.46. The number of fused-ring (bicyclic) bond motifs is 9. The Morgan fingerprint density at radius 3 is 1.91 bits per heavy atom. The number of aromatic nitrogens is 3. The van der Waals surface area contributed by atoms with Crippen molar-refractivity contribution >= 4 is 102 Å². The first-order chi connectivity index (χ1) is 26.2. The van der Waals surface area contributed by atoms with Crippen LogP contribution in [0, 0.1) is 0 Å². The lowest BCUT2D eigenvalue weighted by atomic mass is 9.90. The van der Waals surface area contributed by atoms with Crippen molar-refractivity contribution in [2.75, 3.05) is 4.90 Å². The highest BCUT2D eigenvalue weighted by Gasteiger charge is 2.29. The molecule has 3 aromatic heterocycles. The molecule has 246 valence electrons. The molecule has 11 aromatic rings. The Morgan fingerprint density at radius 1 is 0.396 bits per heavy atom. The molecule has 0 aliphatic carbocycles. The minimum Gasteiger partial charge on any atom is -0.278 e. The van der Waals surface area contributed by atoms with Gasteiger partial charge in [0, 0.05) is 62.4 Å². The van der Waals surface area contributed by atoms with Crippen LogP contribution >= 0.6 is 22.7 Å². The third-order valence-corrected chi connectivity index (χ3v) is 13.0. The van der Waals surface area contributed by atoms with Crippen molar-refractivity contribution in [3.8, 4) is 33.9 Å². The summed E-state index contributed by atoms with van der Waals surface area (Å²) < 4.78 is 4.95. The van der Waals surface area contributed by atoms with Crippen LogP contribution < -0.4 is 4.90 Å². The van der Waals surface area contributed by atoms with Crippen LogP contribution in [0.25, 0.3) is 95.8 Å². The van der Waals surface area contributed by atoms with Crippen molar-refractivity contribution in [2.24, 2.45) is 0 Å². The Bertz CT molecular complexity index is 3320. The highest BCUT2D eigenvalue weighted by molar-refractivity contribution is 7.26. The number of benzene rings is 8. The van der Waals surface area contributed by atoms with Gasteiger partial charge in [0.05, 0.1) is 11.4 Å². The minimum absolute atomic E-state index is 0.594. The molecule has 0 atom stereocenters. The highest BCUT2D eigenvalue weighted by Crippen LogP contribution is 2.52. The topological polar surface area (TPSA) is 41.9 Å². The van der Waals surface area contributed by atoms with Gasteiger partial charge in [-0.1, -0.05) is 103 Å². The molecule has 0 radical (unpaired) electrons. The fourth-order valence-electron chi connectivity index (χ4n) is 8.21. The highest BCUT2D eigenvalue weighted by atomic mass is 32.1. The summed E-state index contributed by atoms with van der Waals surface area (Å²) in [6, 6.07) is 56.7. The fraction of sp³-hybridized carbons (Fsp3) is 0. The summed E-state index contributed by atoms with van der Waals surface area (Å²) in [6.45, 7) is 0. The van der Waals surface area contributed by atoms with E-state index in [0.29, 0.717) is 17.6 Å². The minimum atomic E-state index is 0.594. The molecule has 1 aliphatic rings. The molecule has 0 spiro atoms. The maximum absolute atomic E-state index is 5.43. The average Bonchev–Trinajstić information content (AvgIpc) is 3.78. The first-order valence-corrected chi connectivity index (χ1v) is 19.3. The molecule has 6 heteroatoms. The van der Waals surface area contributed by atoms with Crippen molar-refractivity contribution in [1.82, 2.24) is 15.0 Å². The molecule has 0 bridgehead atoms. The van der Waals surface area contributed by atoms with E-state index in [1.807, 2.05) is 11.3 Å². The number of thiophene rings is 2. The van der Waals surface area contributed by atoms with Crippen LogP contribution in [0.1, 0.15) is 0 Å². The number of rotatable bonds is 3. The third kappa shape index (κ3) is 4.31. The molecule has 0 unspecified atom stereocenters. The van der Waals surface area contributed by atoms with Gasteiger partial charge in [-0.2, -0.15) is 9.97 Å². The van der Waals surface area contributed by atoms with Gasteiger partial charge in [0.25, 0.3) is 0 Å². The summed E-state index contributed by atoms with van der Waals surface area (Å²) >= 11 is 3.61. The Labute approximate surface area is 311 Å². The fourth-order valence-corrected chi connectivity index (χ4v) is 10.5. The van der Waals surface area contributed by atoms with Crippen molar-refractivity contribution in [3.05, 3.63) is 158 Å². The molecule has 0 fully saturated rings. The van der Waals surface area contributed by atoms with E-state index in [4.69, 9.17) is 15.0 Å². The largest absolute Gasteiger partial charge is 0.278 e. The lowest BCUT2D eigenvalue weighted by Gasteiger charge is -2.32. The molecule has 0 saturated carbocycles. The van der Waals surface area contributed by atoms with Crippen LogP contribution in [0.5, 0.6) is 0 Å². The zero-order valence-corrected chi connectivity index (χ0v) is 29.7. The van der Waals surface area contributed by atoms with Crippen molar-refractivity contribution < 1.29 is 0 Å². The Balaban J connectivity index is 1.17. The predicted octanol–water partition coefficient (Wildman–Crippen LogP) is 13.7. The predicted molar refractivity (Wildman–Crippen MR) is 225 cm³/mol.